The number of hydrogen-bond acceptors (Lipinski definition) is 2. The molecule has 82 valence electrons. The Hall–Kier alpha value is -0.990. The van der Waals surface area contributed by atoms with Crippen molar-refractivity contribution < 1.29 is 9.53 Å². The molecule has 0 aliphatic carbocycles. The Labute approximate surface area is 86.7 Å². The van der Waals surface area contributed by atoms with Gasteiger partial charge in [-0.3, -0.25) is 0 Å². The van der Waals surface area contributed by atoms with Gasteiger partial charge in [-0.25, -0.2) is 4.79 Å². The third-order valence-corrected chi connectivity index (χ3v) is 2.01. The molecule has 0 radical (unpaired) electrons. The summed E-state index contributed by atoms with van der Waals surface area (Å²) in [6, 6.07) is 0. The van der Waals surface area contributed by atoms with Gasteiger partial charge in [-0.1, -0.05) is 13.3 Å². The lowest BCUT2D eigenvalue weighted by Crippen LogP contribution is -2.29. The minimum Gasteiger partial charge on any atom is -0.419 e. The van der Waals surface area contributed by atoms with Gasteiger partial charge in [-0.15, -0.1) is 0 Å². The topological polar surface area (TPSA) is 29.5 Å². The van der Waals surface area contributed by atoms with Crippen LogP contribution in [0.2, 0.25) is 0 Å². The molecular weight excluding hydrogens is 178 g/mol. The average Bonchev–Trinajstić information content (AvgIpc) is 2.19. The van der Waals surface area contributed by atoms with Gasteiger partial charge < -0.3 is 9.64 Å². The maximum Gasteiger partial charge on any atom is 0.414 e. The van der Waals surface area contributed by atoms with Crippen LogP contribution in [0, 0.1) is 0 Å². The van der Waals surface area contributed by atoms with Gasteiger partial charge >= 0.3 is 6.09 Å². The fourth-order valence-corrected chi connectivity index (χ4v) is 1.05. The minimum absolute atomic E-state index is 0.261. The lowest BCUT2D eigenvalue weighted by molar-refractivity contribution is 0.141. The number of nitrogens with zero attached hydrogens (tertiary/aromatic N) is 1. The highest BCUT2D eigenvalue weighted by molar-refractivity contribution is 5.68. The van der Waals surface area contributed by atoms with E-state index in [0.717, 1.165) is 19.3 Å². The molecule has 3 nitrogen and oxygen atoms in total. The molecule has 0 aliphatic heterocycles. The first-order valence-corrected chi connectivity index (χ1v) is 5.36. The molecule has 14 heavy (non-hydrogen) atoms. The summed E-state index contributed by atoms with van der Waals surface area (Å²) < 4.78 is 4.94. The molecule has 0 bridgehead atoms. The molecule has 0 rings (SSSR count). The number of unbranched alkanes of at least 4 members (excludes halogenated alkanes) is 2. The van der Waals surface area contributed by atoms with Gasteiger partial charge in [0.1, 0.15) is 0 Å². The monoisotopic (exact) mass is 199 g/mol. The Morgan fingerprint density at radius 3 is 2.43 bits per heavy atom. The molecule has 0 aliphatic rings. The van der Waals surface area contributed by atoms with Gasteiger partial charge in [0, 0.05) is 13.1 Å². The van der Waals surface area contributed by atoms with Crippen LogP contribution >= 0.6 is 0 Å². The highest BCUT2D eigenvalue weighted by Crippen LogP contribution is 1.97. The molecule has 0 spiro atoms. The van der Waals surface area contributed by atoms with E-state index in [1.165, 1.54) is 6.26 Å². The largest absolute Gasteiger partial charge is 0.419 e. The van der Waals surface area contributed by atoms with E-state index in [4.69, 9.17) is 4.74 Å². The summed E-state index contributed by atoms with van der Waals surface area (Å²) in [6.07, 6.45) is 6.40. The number of carbonyl (C=O) groups excluding carboxylic acids is 1. The summed E-state index contributed by atoms with van der Waals surface area (Å²) >= 11 is 0. The van der Waals surface area contributed by atoms with Crippen molar-refractivity contribution in [1.82, 2.24) is 4.90 Å². The van der Waals surface area contributed by atoms with E-state index >= 15 is 0 Å². The first kappa shape index (κ1) is 13.0. The van der Waals surface area contributed by atoms with Crippen LogP contribution in [0.3, 0.4) is 0 Å². The van der Waals surface area contributed by atoms with Crippen molar-refractivity contribution in [2.24, 2.45) is 0 Å². The van der Waals surface area contributed by atoms with Crippen molar-refractivity contribution in [3.05, 3.63) is 12.3 Å². The normalized spacial score (nSPS) is 10.5. The SMILES string of the molecule is CCCC/C=C\OC(=O)N(CC)CC. The van der Waals surface area contributed by atoms with Crippen molar-refractivity contribution in [1.29, 1.82) is 0 Å². The summed E-state index contributed by atoms with van der Waals surface area (Å²) in [5, 5.41) is 0. The molecule has 0 aromatic carbocycles. The van der Waals surface area contributed by atoms with Crippen LogP contribution in [-0.4, -0.2) is 24.1 Å². The highest BCUT2D eigenvalue weighted by Gasteiger charge is 2.07. The summed E-state index contributed by atoms with van der Waals surface area (Å²) in [7, 11) is 0. The molecule has 0 fully saturated rings. The van der Waals surface area contributed by atoms with Gasteiger partial charge in [-0.2, -0.15) is 0 Å². The van der Waals surface area contributed by atoms with Gasteiger partial charge in [0.05, 0.1) is 6.26 Å². The maximum atomic E-state index is 11.3. The van der Waals surface area contributed by atoms with E-state index in [2.05, 4.69) is 6.92 Å². The third-order valence-electron chi connectivity index (χ3n) is 2.01. The van der Waals surface area contributed by atoms with Crippen LogP contribution < -0.4 is 0 Å². The predicted octanol–water partition coefficient (Wildman–Crippen LogP) is 3.17. The highest BCUT2D eigenvalue weighted by atomic mass is 16.5. The van der Waals surface area contributed by atoms with Crippen LogP contribution in [0.25, 0.3) is 0 Å². The molecule has 1 amide bonds. The number of amides is 1. The van der Waals surface area contributed by atoms with Crippen molar-refractivity contribution >= 4 is 6.09 Å². The van der Waals surface area contributed by atoms with E-state index in [-0.39, 0.29) is 6.09 Å². The molecule has 0 saturated heterocycles. The summed E-state index contributed by atoms with van der Waals surface area (Å²) in [4.78, 5) is 12.9. The standard InChI is InChI=1S/C11H21NO2/c1-4-7-8-9-10-14-11(13)12(5-2)6-3/h9-10H,4-8H2,1-3H3/b10-9-. The van der Waals surface area contributed by atoms with E-state index in [1.54, 1.807) is 4.90 Å². The molecule has 0 aromatic heterocycles. The predicted molar refractivity (Wildman–Crippen MR) is 58.1 cm³/mol. The molecular formula is C11H21NO2. The van der Waals surface area contributed by atoms with Crippen molar-refractivity contribution in [3.63, 3.8) is 0 Å². The van der Waals surface area contributed by atoms with Crippen molar-refractivity contribution in [2.75, 3.05) is 13.1 Å². The average molecular weight is 199 g/mol. The van der Waals surface area contributed by atoms with Crippen LogP contribution in [0.1, 0.15) is 40.0 Å². The number of allylic oxidation sites excluding steroid dienone is 1. The Morgan fingerprint density at radius 1 is 1.29 bits per heavy atom. The summed E-state index contributed by atoms with van der Waals surface area (Å²) in [5.41, 5.74) is 0. The van der Waals surface area contributed by atoms with E-state index in [9.17, 15) is 4.79 Å². The molecule has 3 heteroatoms. The first-order valence-electron chi connectivity index (χ1n) is 5.36. The zero-order valence-corrected chi connectivity index (χ0v) is 9.45. The zero-order chi connectivity index (χ0) is 10.8. The second kappa shape index (κ2) is 8.60. The van der Waals surface area contributed by atoms with Crippen LogP contribution in [0.5, 0.6) is 0 Å². The van der Waals surface area contributed by atoms with Gasteiger partial charge in [-0.05, 0) is 32.8 Å². The lowest BCUT2D eigenvalue weighted by Gasteiger charge is -2.16. The Kier molecular flexibility index (Phi) is 7.99. The molecule has 0 N–H and O–H groups in total. The fraction of sp³-hybridized carbons (Fsp3) is 0.727. The second-order valence-electron chi connectivity index (χ2n) is 3.07. The minimum atomic E-state index is -0.261. The zero-order valence-electron chi connectivity index (χ0n) is 9.45. The van der Waals surface area contributed by atoms with E-state index < -0.39 is 0 Å². The van der Waals surface area contributed by atoms with Crippen LogP contribution in [-0.2, 0) is 4.74 Å². The number of carbonyl (C=O) groups is 1. The summed E-state index contributed by atoms with van der Waals surface area (Å²) in [6.45, 7) is 7.39. The first-order chi connectivity index (χ1) is 6.76. The number of ether oxygens (including phenoxy) is 1. The van der Waals surface area contributed by atoms with Crippen LogP contribution in [0.4, 0.5) is 4.79 Å². The molecule has 0 atom stereocenters. The Balaban J connectivity index is 3.66. The second-order valence-corrected chi connectivity index (χ2v) is 3.07. The summed E-state index contributed by atoms with van der Waals surface area (Å²) in [5.74, 6) is 0. The molecule has 0 heterocycles. The molecule has 0 unspecified atom stereocenters. The molecule has 0 aromatic rings. The van der Waals surface area contributed by atoms with Crippen molar-refractivity contribution in [2.45, 2.75) is 40.0 Å². The van der Waals surface area contributed by atoms with E-state index in [1.807, 2.05) is 19.9 Å². The lowest BCUT2D eigenvalue weighted by atomic mass is 10.2. The van der Waals surface area contributed by atoms with E-state index in [0.29, 0.717) is 13.1 Å². The molecule has 0 saturated carbocycles. The quantitative estimate of drug-likeness (QED) is 0.485. The fourth-order valence-electron chi connectivity index (χ4n) is 1.05. The third kappa shape index (κ3) is 5.62. The van der Waals surface area contributed by atoms with Gasteiger partial charge in [0.2, 0.25) is 0 Å². The number of hydrogen-bond donors (Lipinski definition) is 0. The maximum absolute atomic E-state index is 11.3. The van der Waals surface area contributed by atoms with Crippen molar-refractivity contribution in [3.8, 4) is 0 Å². The number of rotatable bonds is 6. The van der Waals surface area contributed by atoms with Gasteiger partial charge in [0.15, 0.2) is 0 Å². The van der Waals surface area contributed by atoms with Crippen LogP contribution in [0.15, 0.2) is 12.3 Å². The Bertz CT molecular complexity index is 174. The van der Waals surface area contributed by atoms with Gasteiger partial charge in [0.25, 0.3) is 0 Å². The smallest absolute Gasteiger partial charge is 0.414 e. The Morgan fingerprint density at radius 2 is 1.93 bits per heavy atom.